The van der Waals surface area contributed by atoms with Gasteiger partial charge in [0.25, 0.3) is 5.91 Å². The number of fused-ring (bicyclic) bond motifs is 1. The zero-order chi connectivity index (χ0) is 15.7. The fraction of sp³-hybridized carbons (Fsp3) is 0.118. The fourth-order valence-corrected chi connectivity index (χ4v) is 2.45. The van der Waals surface area contributed by atoms with Gasteiger partial charge in [-0.3, -0.25) is 4.79 Å². The minimum atomic E-state index is -0.277. The number of amides is 1. The maximum Gasteiger partial charge on any atom is 0.259 e. The SMILES string of the molecule is Cc1cc(C)cc(NC(=O)c2cc3cccnc3nc2N)c1. The van der Waals surface area contributed by atoms with E-state index < -0.39 is 0 Å². The maximum atomic E-state index is 12.4. The van der Waals surface area contributed by atoms with E-state index >= 15 is 0 Å². The van der Waals surface area contributed by atoms with Gasteiger partial charge in [0.2, 0.25) is 0 Å². The number of anilines is 2. The maximum absolute atomic E-state index is 12.4. The smallest absolute Gasteiger partial charge is 0.259 e. The second kappa shape index (κ2) is 5.44. The Labute approximate surface area is 128 Å². The minimum absolute atomic E-state index is 0.174. The molecule has 0 bridgehead atoms. The molecule has 5 nitrogen and oxygen atoms in total. The number of nitrogen functional groups attached to an aromatic ring is 1. The molecule has 0 aliphatic carbocycles. The van der Waals surface area contributed by atoms with Crippen molar-refractivity contribution < 1.29 is 4.79 Å². The Kier molecular flexibility index (Phi) is 3.47. The second-order valence-electron chi connectivity index (χ2n) is 5.30. The average molecular weight is 292 g/mol. The molecule has 0 saturated carbocycles. The summed E-state index contributed by atoms with van der Waals surface area (Å²) >= 11 is 0. The molecule has 0 aliphatic rings. The third-order valence-corrected chi connectivity index (χ3v) is 3.34. The zero-order valence-electron chi connectivity index (χ0n) is 12.4. The summed E-state index contributed by atoms with van der Waals surface area (Å²) in [5.41, 5.74) is 9.68. The number of aryl methyl sites for hydroxylation is 2. The molecule has 5 heteroatoms. The molecule has 3 rings (SSSR count). The number of rotatable bonds is 2. The predicted molar refractivity (Wildman–Crippen MR) is 87.8 cm³/mol. The van der Waals surface area contributed by atoms with Gasteiger partial charge in [0.15, 0.2) is 5.65 Å². The minimum Gasteiger partial charge on any atom is -0.383 e. The molecule has 110 valence electrons. The van der Waals surface area contributed by atoms with Crippen molar-refractivity contribution in [3.63, 3.8) is 0 Å². The molecular formula is C17H16N4O. The summed E-state index contributed by atoms with van der Waals surface area (Å²) in [5.74, 6) is -0.103. The van der Waals surface area contributed by atoms with Gasteiger partial charge in [0, 0.05) is 17.3 Å². The van der Waals surface area contributed by atoms with Crippen LogP contribution in [-0.4, -0.2) is 15.9 Å². The van der Waals surface area contributed by atoms with E-state index in [1.54, 1.807) is 18.3 Å². The van der Waals surface area contributed by atoms with Gasteiger partial charge < -0.3 is 11.1 Å². The van der Waals surface area contributed by atoms with Gasteiger partial charge in [-0.25, -0.2) is 9.97 Å². The van der Waals surface area contributed by atoms with Crippen molar-refractivity contribution in [2.75, 3.05) is 11.1 Å². The summed E-state index contributed by atoms with van der Waals surface area (Å²) in [5, 5.41) is 3.65. The van der Waals surface area contributed by atoms with Crippen LogP contribution in [0.3, 0.4) is 0 Å². The standard InChI is InChI=1S/C17H16N4O/c1-10-6-11(2)8-13(7-10)20-17(22)14-9-12-4-3-5-19-16(12)21-15(14)18/h3-9H,1-2H3,(H,20,22)(H2,18,19,21). The van der Waals surface area contributed by atoms with Crippen LogP contribution in [0, 0.1) is 13.8 Å². The molecule has 0 aliphatic heterocycles. The first-order valence-electron chi connectivity index (χ1n) is 6.94. The van der Waals surface area contributed by atoms with Crippen LogP contribution in [0.1, 0.15) is 21.5 Å². The lowest BCUT2D eigenvalue weighted by molar-refractivity contribution is 0.102. The number of benzene rings is 1. The van der Waals surface area contributed by atoms with E-state index in [9.17, 15) is 4.79 Å². The molecule has 0 unspecified atom stereocenters. The molecule has 0 spiro atoms. The Hall–Kier alpha value is -2.95. The fourth-order valence-electron chi connectivity index (χ4n) is 2.45. The summed E-state index contributed by atoms with van der Waals surface area (Å²) in [6, 6.07) is 11.2. The van der Waals surface area contributed by atoms with Crippen molar-refractivity contribution in [2.45, 2.75) is 13.8 Å². The molecule has 0 saturated heterocycles. The van der Waals surface area contributed by atoms with Crippen molar-refractivity contribution >= 4 is 28.4 Å². The summed E-state index contributed by atoms with van der Waals surface area (Å²) in [4.78, 5) is 20.8. The molecule has 1 amide bonds. The van der Waals surface area contributed by atoms with E-state index in [1.807, 2.05) is 38.1 Å². The van der Waals surface area contributed by atoms with Crippen LogP contribution >= 0.6 is 0 Å². The van der Waals surface area contributed by atoms with Crippen LogP contribution in [0.2, 0.25) is 0 Å². The number of hydrogen-bond donors (Lipinski definition) is 2. The highest BCUT2D eigenvalue weighted by Crippen LogP contribution is 2.19. The number of hydrogen-bond acceptors (Lipinski definition) is 4. The quantitative estimate of drug-likeness (QED) is 0.760. The summed E-state index contributed by atoms with van der Waals surface area (Å²) in [7, 11) is 0. The number of nitrogens with two attached hydrogens (primary N) is 1. The molecule has 0 fully saturated rings. The third-order valence-electron chi connectivity index (χ3n) is 3.34. The van der Waals surface area contributed by atoms with Crippen LogP contribution < -0.4 is 11.1 Å². The van der Waals surface area contributed by atoms with E-state index in [2.05, 4.69) is 15.3 Å². The lowest BCUT2D eigenvalue weighted by atomic mass is 10.1. The molecule has 22 heavy (non-hydrogen) atoms. The Morgan fingerprint density at radius 1 is 1.14 bits per heavy atom. The summed E-state index contributed by atoms with van der Waals surface area (Å²) in [6.45, 7) is 3.97. The molecule has 0 radical (unpaired) electrons. The first-order valence-corrected chi connectivity index (χ1v) is 6.94. The van der Waals surface area contributed by atoms with Crippen LogP contribution in [0.5, 0.6) is 0 Å². The monoisotopic (exact) mass is 292 g/mol. The predicted octanol–water partition coefficient (Wildman–Crippen LogP) is 3.08. The zero-order valence-corrected chi connectivity index (χ0v) is 12.4. The molecule has 0 atom stereocenters. The number of nitrogens with one attached hydrogen (secondary N) is 1. The van der Waals surface area contributed by atoms with Crippen LogP contribution in [0.4, 0.5) is 11.5 Å². The number of pyridine rings is 2. The Morgan fingerprint density at radius 3 is 2.59 bits per heavy atom. The topological polar surface area (TPSA) is 80.9 Å². The van der Waals surface area contributed by atoms with Gasteiger partial charge in [-0.05, 0) is 55.3 Å². The van der Waals surface area contributed by atoms with E-state index in [0.717, 1.165) is 22.2 Å². The van der Waals surface area contributed by atoms with Gasteiger partial charge in [-0.15, -0.1) is 0 Å². The van der Waals surface area contributed by atoms with E-state index in [-0.39, 0.29) is 11.7 Å². The highest BCUT2D eigenvalue weighted by Gasteiger charge is 2.13. The van der Waals surface area contributed by atoms with Crippen molar-refractivity contribution in [3.8, 4) is 0 Å². The molecule has 2 aromatic heterocycles. The van der Waals surface area contributed by atoms with Crippen molar-refractivity contribution in [2.24, 2.45) is 0 Å². The molecule has 1 aromatic carbocycles. The first-order chi connectivity index (χ1) is 10.5. The molecule has 3 aromatic rings. The van der Waals surface area contributed by atoms with Crippen LogP contribution in [0.25, 0.3) is 11.0 Å². The number of nitrogens with zero attached hydrogens (tertiary/aromatic N) is 2. The lowest BCUT2D eigenvalue weighted by Gasteiger charge is -2.09. The van der Waals surface area contributed by atoms with Gasteiger partial charge in [0.1, 0.15) is 5.82 Å². The van der Waals surface area contributed by atoms with Crippen molar-refractivity contribution in [1.29, 1.82) is 0 Å². The summed E-state index contributed by atoms with van der Waals surface area (Å²) < 4.78 is 0. The van der Waals surface area contributed by atoms with E-state index in [1.165, 1.54) is 0 Å². The second-order valence-corrected chi connectivity index (χ2v) is 5.30. The molecule has 2 heterocycles. The number of carbonyl (C=O) groups excluding carboxylic acids is 1. The van der Waals surface area contributed by atoms with Gasteiger partial charge in [-0.1, -0.05) is 6.07 Å². The largest absolute Gasteiger partial charge is 0.383 e. The van der Waals surface area contributed by atoms with Crippen molar-refractivity contribution in [1.82, 2.24) is 9.97 Å². The highest BCUT2D eigenvalue weighted by molar-refractivity contribution is 6.09. The third kappa shape index (κ3) is 2.74. The van der Waals surface area contributed by atoms with Gasteiger partial charge >= 0.3 is 0 Å². The number of carbonyl (C=O) groups is 1. The Bertz CT molecular complexity index is 853. The van der Waals surface area contributed by atoms with Crippen molar-refractivity contribution in [3.05, 3.63) is 59.3 Å². The van der Waals surface area contributed by atoms with E-state index in [4.69, 9.17) is 5.73 Å². The average Bonchev–Trinajstić information content (AvgIpc) is 2.45. The number of aromatic nitrogens is 2. The van der Waals surface area contributed by atoms with E-state index in [0.29, 0.717) is 11.2 Å². The van der Waals surface area contributed by atoms with Crippen LogP contribution in [0.15, 0.2) is 42.6 Å². The lowest BCUT2D eigenvalue weighted by Crippen LogP contribution is -2.15. The van der Waals surface area contributed by atoms with Crippen LogP contribution in [-0.2, 0) is 0 Å². The summed E-state index contributed by atoms with van der Waals surface area (Å²) in [6.07, 6.45) is 1.64. The molecular weight excluding hydrogens is 276 g/mol. The van der Waals surface area contributed by atoms with Gasteiger partial charge in [-0.2, -0.15) is 0 Å². The highest BCUT2D eigenvalue weighted by atomic mass is 16.1. The normalized spacial score (nSPS) is 10.6. The Morgan fingerprint density at radius 2 is 1.86 bits per heavy atom. The molecule has 3 N–H and O–H groups in total. The van der Waals surface area contributed by atoms with Gasteiger partial charge in [0.05, 0.1) is 5.56 Å². The first kappa shape index (κ1) is 14.0. The Balaban J connectivity index is 1.96.